The molecule has 0 fully saturated rings. The number of rotatable bonds is 5. The van der Waals surface area contributed by atoms with Gasteiger partial charge in [0.15, 0.2) is 0 Å². The molecule has 0 aliphatic heterocycles. The zero-order valence-electron chi connectivity index (χ0n) is 10.5. The Labute approximate surface area is 106 Å². The van der Waals surface area contributed by atoms with Crippen LogP contribution in [0, 0.1) is 0 Å². The molecule has 1 aromatic rings. The molecule has 0 aliphatic rings. The first-order chi connectivity index (χ1) is 7.11. The van der Waals surface area contributed by atoms with E-state index in [1.54, 1.807) is 0 Å². The van der Waals surface area contributed by atoms with Crippen molar-refractivity contribution in [1.29, 1.82) is 0 Å². The molecular weight excluding hydrogens is 218 g/mol. The molecule has 0 heterocycles. The highest BCUT2D eigenvalue weighted by molar-refractivity contribution is 5.17. The minimum atomic E-state index is 0. The van der Waals surface area contributed by atoms with Crippen LogP contribution in [0.2, 0.25) is 0 Å². The van der Waals surface area contributed by atoms with Gasteiger partial charge in [0.1, 0.15) is 6.04 Å². The molecule has 0 saturated heterocycles. The number of nitrogens with zero attached hydrogens (tertiary/aromatic N) is 1. The normalized spacial score (nSPS) is 12.7. The van der Waals surface area contributed by atoms with Crippen LogP contribution >= 0.6 is 0 Å². The molecular formula is C14H22ClN. The molecule has 0 spiro atoms. The van der Waals surface area contributed by atoms with Crippen molar-refractivity contribution in [2.45, 2.75) is 19.4 Å². The maximum absolute atomic E-state index is 3.84. The predicted octanol–water partition coefficient (Wildman–Crippen LogP) is 0.404. The SMILES string of the molecule is C=CC[N+](C)(C)C(CC)c1ccccc1.[Cl-]. The second-order valence-electron chi connectivity index (χ2n) is 4.58. The van der Waals surface area contributed by atoms with Crippen LogP contribution < -0.4 is 12.4 Å². The van der Waals surface area contributed by atoms with Crippen LogP contribution in [-0.4, -0.2) is 25.1 Å². The molecule has 0 bridgehead atoms. The van der Waals surface area contributed by atoms with Crippen molar-refractivity contribution >= 4 is 0 Å². The topological polar surface area (TPSA) is 0 Å². The van der Waals surface area contributed by atoms with Crippen LogP contribution in [0.15, 0.2) is 43.0 Å². The second-order valence-corrected chi connectivity index (χ2v) is 4.58. The zero-order chi connectivity index (χ0) is 11.3. The molecule has 1 nitrogen and oxygen atoms in total. The van der Waals surface area contributed by atoms with Crippen molar-refractivity contribution in [3.63, 3.8) is 0 Å². The first kappa shape index (κ1) is 15.2. The first-order valence-corrected chi connectivity index (χ1v) is 5.60. The predicted molar refractivity (Wildman–Crippen MR) is 66.6 cm³/mol. The summed E-state index contributed by atoms with van der Waals surface area (Å²) in [7, 11) is 4.53. The molecule has 0 N–H and O–H groups in total. The van der Waals surface area contributed by atoms with Gasteiger partial charge in [-0.05, 0) is 6.08 Å². The lowest BCUT2D eigenvalue weighted by atomic mass is 10.0. The van der Waals surface area contributed by atoms with Gasteiger partial charge in [-0.25, -0.2) is 0 Å². The van der Waals surface area contributed by atoms with E-state index >= 15 is 0 Å². The van der Waals surface area contributed by atoms with Crippen molar-refractivity contribution in [3.05, 3.63) is 48.6 Å². The maximum Gasteiger partial charge on any atom is 0.114 e. The van der Waals surface area contributed by atoms with E-state index in [1.165, 1.54) is 5.56 Å². The van der Waals surface area contributed by atoms with E-state index in [0.717, 1.165) is 17.4 Å². The lowest BCUT2D eigenvalue weighted by molar-refractivity contribution is -0.915. The summed E-state index contributed by atoms with van der Waals surface area (Å²) >= 11 is 0. The molecule has 0 radical (unpaired) electrons. The average Bonchev–Trinajstić information content (AvgIpc) is 2.19. The summed E-state index contributed by atoms with van der Waals surface area (Å²) in [4.78, 5) is 0. The number of quaternary nitrogens is 1. The van der Waals surface area contributed by atoms with Gasteiger partial charge in [0.05, 0.1) is 20.6 Å². The van der Waals surface area contributed by atoms with Crippen LogP contribution in [0.25, 0.3) is 0 Å². The minimum Gasteiger partial charge on any atom is -1.00 e. The third kappa shape index (κ3) is 3.66. The summed E-state index contributed by atoms with van der Waals surface area (Å²) in [6.07, 6.45) is 3.16. The summed E-state index contributed by atoms with van der Waals surface area (Å²) in [6, 6.07) is 11.3. The number of benzene rings is 1. The van der Waals surface area contributed by atoms with Gasteiger partial charge < -0.3 is 16.9 Å². The molecule has 1 atom stereocenters. The van der Waals surface area contributed by atoms with Crippen molar-refractivity contribution in [1.82, 2.24) is 0 Å². The Bertz CT molecular complexity index is 306. The molecule has 16 heavy (non-hydrogen) atoms. The van der Waals surface area contributed by atoms with E-state index in [9.17, 15) is 0 Å². The van der Waals surface area contributed by atoms with E-state index in [2.05, 4.69) is 57.9 Å². The Morgan fingerprint density at radius 2 is 1.81 bits per heavy atom. The highest BCUT2D eigenvalue weighted by atomic mass is 35.5. The fourth-order valence-corrected chi connectivity index (χ4v) is 2.27. The lowest BCUT2D eigenvalue weighted by Crippen LogP contribution is -3.00. The van der Waals surface area contributed by atoms with Crippen LogP contribution in [0.3, 0.4) is 0 Å². The van der Waals surface area contributed by atoms with Gasteiger partial charge >= 0.3 is 0 Å². The highest BCUT2D eigenvalue weighted by Crippen LogP contribution is 2.27. The van der Waals surface area contributed by atoms with Crippen LogP contribution in [0.1, 0.15) is 24.9 Å². The van der Waals surface area contributed by atoms with Crippen LogP contribution in [-0.2, 0) is 0 Å². The van der Waals surface area contributed by atoms with Crippen molar-refractivity contribution < 1.29 is 16.9 Å². The highest BCUT2D eigenvalue weighted by Gasteiger charge is 2.26. The third-order valence-electron chi connectivity index (χ3n) is 3.01. The van der Waals surface area contributed by atoms with Gasteiger partial charge in [-0.2, -0.15) is 0 Å². The number of likely N-dealkylation sites (N-methyl/N-ethyl adjacent to an activating group) is 1. The maximum atomic E-state index is 3.84. The number of hydrogen-bond acceptors (Lipinski definition) is 0. The fourth-order valence-electron chi connectivity index (χ4n) is 2.27. The van der Waals surface area contributed by atoms with E-state index in [4.69, 9.17) is 0 Å². The average molecular weight is 240 g/mol. The fraction of sp³-hybridized carbons (Fsp3) is 0.429. The van der Waals surface area contributed by atoms with Gasteiger partial charge in [-0.3, -0.25) is 0 Å². The summed E-state index contributed by atoms with van der Waals surface area (Å²) < 4.78 is 0.976. The van der Waals surface area contributed by atoms with E-state index in [-0.39, 0.29) is 12.4 Å². The van der Waals surface area contributed by atoms with Gasteiger partial charge in [-0.15, -0.1) is 0 Å². The monoisotopic (exact) mass is 239 g/mol. The molecule has 1 rings (SSSR count). The Morgan fingerprint density at radius 1 is 1.25 bits per heavy atom. The van der Waals surface area contributed by atoms with E-state index < -0.39 is 0 Å². The molecule has 2 heteroatoms. The minimum absolute atomic E-state index is 0. The van der Waals surface area contributed by atoms with Gasteiger partial charge in [0.2, 0.25) is 0 Å². The Hall–Kier alpha value is -0.790. The summed E-state index contributed by atoms with van der Waals surface area (Å²) in [5.74, 6) is 0. The number of hydrogen-bond donors (Lipinski definition) is 0. The van der Waals surface area contributed by atoms with Crippen molar-refractivity contribution in [2.24, 2.45) is 0 Å². The number of halogens is 1. The zero-order valence-corrected chi connectivity index (χ0v) is 11.2. The van der Waals surface area contributed by atoms with Crippen LogP contribution in [0.5, 0.6) is 0 Å². The Balaban J connectivity index is 0.00000225. The molecule has 1 unspecified atom stereocenters. The van der Waals surface area contributed by atoms with Crippen molar-refractivity contribution in [2.75, 3.05) is 20.6 Å². The third-order valence-corrected chi connectivity index (χ3v) is 3.01. The molecule has 0 aromatic heterocycles. The quantitative estimate of drug-likeness (QED) is 0.516. The first-order valence-electron chi connectivity index (χ1n) is 5.60. The molecule has 90 valence electrons. The van der Waals surface area contributed by atoms with E-state index in [0.29, 0.717) is 6.04 Å². The van der Waals surface area contributed by atoms with Gasteiger partial charge in [-0.1, -0.05) is 43.8 Å². The van der Waals surface area contributed by atoms with E-state index in [1.807, 2.05) is 6.08 Å². The smallest absolute Gasteiger partial charge is 0.114 e. The summed E-state index contributed by atoms with van der Waals surface area (Å²) in [5.41, 5.74) is 1.42. The molecule has 0 amide bonds. The van der Waals surface area contributed by atoms with Gasteiger partial charge in [0, 0.05) is 12.0 Å². The Morgan fingerprint density at radius 3 is 2.25 bits per heavy atom. The largest absolute Gasteiger partial charge is 1.00 e. The molecule has 1 aromatic carbocycles. The Kier molecular flexibility index (Phi) is 6.39. The van der Waals surface area contributed by atoms with Gasteiger partial charge in [0.25, 0.3) is 0 Å². The standard InChI is InChI=1S/C14H22N.ClH/c1-5-12-15(3,4)14(6-2)13-10-8-7-9-11-13;/h5,7-11,14H,1,6,12H2,2-4H3;1H/q+1;/p-1. The van der Waals surface area contributed by atoms with Crippen LogP contribution in [0.4, 0.5) is 0 Å². The summed E-state index contributed by atoms with van der Waals surface area (Å²) in [6.45, 7) is 7.10. The van der Waals surface area contributed by atoms with Crippen molar-refractivity contribution in [3.8, 4) is 0 Å². The lowest BCUT2D eigenvalue weighted by Gasteiger charge is -2.37. The molecule has 0 aliphatic carbocycles. The summed E-state index contributed by atoms with van der Waals surface area (Å²) in [5, 5.41) is 0. The second kappa shape index (κ2) is 6.72. The molecule has 0 saturated carbocycles.